The quantitative estimate of drug-likeness (QED) is 0.725. The highest BCUT2D eigenvalue weighted by Gasteiger charge is 2.28. The topological polar surface area (TPSA) is 68.5 Å². The first-order valence-corrected chi connectivity index (χ1v) is 6.34. The highest BCUT2D eigenvalue weighted by molar-refractivity contribution is 6.14. The lowest BCUT2D eigenvalue weighted by Crippen LogP contribution is -2.48. The lowest BCUT2D eigenvalue weighted by molar-refractivity contribution is -0.120. The van der Waals surface area contributed by atoms with E-state index in [1.807, 2.05) is 6.92 Å². The molecule has 1 amide bonds. The molecular weight excluding hydrogens is 232 g/mol. The van der Waals surface area contributed by atoms with Crippen LogP contribution >= 0.6 is 0 Å². The number of amides is 1. The molecule has 0 aromatic rings. The Morgan fingerprint density at radius 1 is 1.28 bits per heavy atom. The number of aliphatic hydroxyl groups excluding tert-OH is 1. The molecule has 1 fully saturated rings. The zero-order valence-electron chi connectivity index (χ0n) is 11.0. The molecule has 2 aliphatic rings. The summed E-state index contributed by atoms with van der Waals surface area (Å²) in [5.74, 6) is 0.0245. The third-order valence-corrected chi connectivity index (χ3v) is 3.49. The van der Waals surface area contributed by atoms with E-state index < -0.39 is 0 Å². The fourth-order valence-corrected chi connectivity index (χ4v) is 2.23. The predicted molar refractivity (Wildman–Crippen MR) is 69.8 cm³/mol. The summed E-state index contributed by atoms with van der Waals surface area (Å²) in [6.07, 6.45) is 0.410. The molecule has 6 heteroatoms. The molecule has 0 radical (unpaired) electrons. The average Bonchev–Trinajstić information content (AvgIpc) is 2.34. The van der Waals surface area contributed by atoms with Crippen molar-refractivity contribution in [2.45, 2.75) is 13.3 Å². The molecule has 1 saturated heterocycles. The van der Waals surface area contributed by atoms with Crippen LogP contribution in [0.2, 0.25) is 0 Å². The predicted octanol–water partition coefficient (Wildman–Crippen LogP) is -0.410. The molecule has 0 aliphatic carbocycles. The number of carbonyl (C=O) groups is 1. The van der Waals surface area contributed by atoms with Gasteiger partial charge in [-0.3, -0.25) is 4.79 Å². The Hall–Kier alpha value is -1.27. The van der Waals surface area contributed by atoms with Gasteiger partial charge in [0.25, 0.3) is 5.91 Å². The molecule has 6 nitrogen and oxygen atoms in total. The van der Waals surface area contributed by atoms with Gasteiger partial charge in [-0.1, -0.05) is 0 Å². The number of nitrogens with zero attached hydrogens (tertiary/aromatic N) is 4. The van der Waals surface area contributed by atoms with Gasteiger partial charge in [-0.05, 0) is 20.4 Å². The van der Waals surface area contributed by atoms with Gasteiger partial charge in [0.05, 0.1) is 5.92 Å². The van der Waals surface area contributed by atoms with Crippen molar-refractivity contribution in [3.63, 3.8) is 0 Å². The Labute approximate surface area is 107 Å². The largest absolute Gasteiger partial charge is 0.396 e. The van der Waals surface area contributed by atoms with Gasteiger partial charge in [-0.25, -0.2) is 4.99 Å². The van der Waals surface area contributed by atoms with Gasteiger partial charge in [0.15, 0.2) is 0 Å². The van der Waals surface area contributed by atoms with E-state index in [1.165, 1.54) is 0 Å². The molecule has 2 aliphatic heterocycles. The number of guanidine groups is 1. The zero-order chi connectivity index (χ0) is 13.1. The second kappa shape index (κ2) is 5.58. The minimum absolute atomic E-state index is 0.0113. The molecule has 1 N–H and O–H groups in total. The lowest BCUT2D eigenvalue weighted by Gasteiger charge is -2.34. The molecule has 2 heterocycles. The van der Waals surface area contributed by atoms with Crippen molar-refractivity contribution in [3.05, 3.63) is 0 Å². The highest BCUT2D eigenvalue weighted by Crippen LogP contribution is 2.15. The van der Waals surface area contributed by atoms with Gasteiger partial charge in [-0.2, -0.15) is 4.99 Å². The maximum Gasteiger partial charge on any atom is 0.257 e. The van der Waals surface area contributed by atoms with Crippen LogP contribution in [0.4, 0.5) is 0 Å². The van der Waals surface area contributed by atoms with E-state index in [9.17, 15) is 4.79 Å². The van der Waals surface area contributed by atoms with E-state index >= 15 is 0 Å². The molecule has 100 valence electrons. The molecule has 0 aromatic carbocycles. The molecule has 0 aromatic heterocycles. The summed E-state index contributed by atoms with van der Waals surface area (Å²) >= 11 is 0. The second-order valence-electron chi connectivity index (χ2n) is 4.86. The van der Waals surface area contributed by atoms with Crippen LogP contribution in [0.25, 0.3) is 0 Å². The Bertz CT molecular complexity index is 384. The summed E-state index contributed by atoms with van der Waals surface area (Å²) < 4.78 is 0. The van der Waals surface area contributed by atoms with Crippen molar-refractivity contribution in [2.75, 3.05) is 39.8 Å². The smallest absolute Gasteiger partial charge is 0.257 e. The second-order valence-corrected chi connectivity index (χ2v) is 4.86. The van der Waals surface area contributed by atoms with Crippen LogP contribution in [0.1, 0.15) is 13.3 Å². The number of carbonyl (C=O) groups excluding carboxylic acids is 1. The summed E-state index contributed by atoms with van der Waals surface area (Å²) in [7, 11) is 2.08. The Balaban J connectivity index is 2.07. The van der Waals surface area contributed by atoms with Crippen molar-refractivity contribution < 1.29 is 9.90 Å². The number of rotatable bonds is 2. The van der Waals surface area contributed by atoms with Gasteiger partial charge in [0, 0.05) is 38.5 Å². The fourth-order valence-electron chi connectivity index (χ4n) is 2.23. The van der Waals surface area contributed by atoms with Gasteiger partial charge in [-0.15, -0.1) is 0 Å². The van der Waals surface area contributed by atoms with Crippen LogP contribution in [0.15, 0.2) is 9.98 Å². The van der Waals surface area contributed by atoms with Crippen LogP contribution < -0.4 is 0 Å². The zero-order valence-corrected chi connectivity index (χ0v) is 11.0. The van der Waals surface area contributed by atoms with Gasteiger partial charge in [0.2, 0.25) is 5.96 Å². The third kappa shape index (κ3) is 2.76. The SMILES string of the molecule is CC1=NC(N2CCN(C)CC2)=NC(=O)C1CCO. The minimum Gasteiger partial charge on any atom is -0.396 e. The summed E-state index contributed by atoms with van der Waals surface area (Å²) in [5.41, 5.74) is 0.762. The van der Waals surface area contributed by atoms with Crippen LogP contribution in [-0.2, 0) is 4.79 Å². The number of aliphatic imine (C=N–C) groups is 2. The first-order chi connectivity index (χ1) is 8.61. The van der Waals surface area contributed by atoms with Gasteiger partial charge >= 0.3 is 0 Å². The summed E-state index contributed by atoms with van der Waals surface area (Å²) in [4.78, 5) is 24.7. The fraction of sp³-hybridized carbons (Fsp3) is 0.750. The summed E-state index contributed by atoms with van der Waals surface area (Å²) in [6.45, 7) is 5.45. The number of piperazine rings is 1. The van der Waals surface area contributed by atoms with Gasteiger partial charge < -0.3 is 14.9 Å². The Kier molecular flexibility index (Phi) is 4.08. The Morgan fingerprint density at radius 2 is 1.94 bits per heavy atom. The van der Waals surface area contributed by atoms with E-state index in [2.05, 4.69) is 26.8 Å². The van der Waals surface area contributed by atoms with E-state index in [4.69, 9.17) is 5.11 Å². The van der Waals surface area contributed by atoms with Crippen LogP contribution in [0.5, 0.6) is 0 Å². The molecule has 0 spiro atoms. The van der Waals surface area contributed by atoms with Crippen LogP contribution in [-0.4, -0.2) is 72.3 Å². The third-order valence-electron chi connectivity index (χ3n) is 3.49. The van der Waals surface area contributed by atoms with Crippen LogP contribution in [0.3, 0.4) is 0 Å². The molecule has 1 atom stereocenters. The molecule has 1 unspecified atom stereocenters. The number of hydrogen-bond donors (Lipinski definition) is 1. The maximum atomic E-state index is 11.9. The van der Waals surface area contributed by atoms with E-state index in [1.54, 1.807) is 0 Å². The first-order valence-electron chi connectivity index (χ1n) is 6.34. The monoisotopic (exact) mass is 252 g/mol. The standard InChI is InChI=1S/C12H20N4O2/c1-9-10(3-8-17)11(18)14-12(13-9)16-6-4-15(2)5-7-16/h10,17H,3-8H2,1-2H3. The highest BCUT2D eigenvalue weighted by atomic mass is 16.3. The van der Waals surface area contributed by atoms with Crippen molar-refractivity contribution >= 4 is 17.6 Å². The summed E-state index contributed by atoms with van der Waals surface area (Å²) in [6, 6.07) is 0. The number of hydrogen-bond acceptors (Lipinski definition) is 5. The first kappa shape index (κ1) is 13.2. The number of aliphatic hydroxyl groups is 1. The lowest BCUT2D eigenvalue weighted by atomic mass is 9.99. The van der Waals surface area contributed by atoms with Crippen molar-refractivity contribution in [2.24, 2.45) is 15.9 Å². The van der Waals surface area contributed by atoms with Crippen molar-refractivity contribution in [1.29, 1.82) is 0 Å². The Morgan fingerprint density at radius 3 is 2.50 bits per heavy atom. The number of likely N-dealkylation sites (N-methyl/N-ethyl adjacent to an activating group) is 1. The van der Waals surface area contributed by atoms with Crippen LogP contribution in [0, 0.1) is 5.92 Å². The van der Waals surface area contributed by atoms with E-state index in [0.717, 1.165) is 31.9 Å². The van der Waals surface area contributed by atoms with Crippen molar-refractivity contribution in [3.8, 4) is 0 Å². The minimum atomic E-state index is -0.341. The normalized spacial score (nSPS) is 26.1. The molecular formula is C12H20N4O2. The van der Waals surface area contributed by atoms with Gasteiger partial charge in [0.1, 0.15) is 0 Å². The maximum absolute atomic E-state index is 11.9. The average molecular weight is 252 g/mol. The molecule has 0 bridgehead atoms. The van der Waals surface area contributed by atoms with Crippen molar-refractivity contribution in [1.82, 2.24) is 9.80 Å². The van der Waals surface area contributed by atoms with E-state index in [0.29, 0.717) is 12.4 Å². The molecule has 18 heavy (non-hydrogen) atoms. The van der Waals surface area contributed by atoms with E-state index in [-0.39, 0.29) is 18.4 Å². The summed E-state index contributed by atoms with van der Waals surface area (Å²) in [5, 5.41) is 8.93. The molecule has 0 saturated carbocycles. The molecule has 2 rings (SSSR count).